The number of nitrogens with two attached hydrogens (primary N) is 1. The molecule has 0 aliphatic rings. The number of nitrogens with zero attached hydrogens (tertiary/aromatic N) is 1. The molecule has 0 saturated carbocycles. The highest BCUT2D eigenvalue weighted by molar-refractivity contribution is 5.94. The molecule has 0 aliphatic carbocycles. The van der Waals surface area contributed by atoms with Crippen LogP contribution in [0.25, 0.3) is 0 Å². The lowest BCUT2D eigenvalue weighted by Gasteiger charge is -2.03. The Morgan fingerprint density at radius 1 is 1.33 bits per heavy atom. The monoisotopic (exact) mass is 244 g/mol. The summed E-state index contributed by atoms with van der Waals surface area (Å²) in [5.74, 6) is 0.265. The normalized spacial score (nSPS) is 10.3. The lowest BCUT2D eigenvalue weighted by molar-refractivity contribution is -0.115. The number of nitrogen functional groups attached to an aromatic ring is 1. The predicted octanol–water partition coefficient (Wildman–Crippen LogP) is 1.79. The number of H-pyrrole nitrogens is 1. The number of hydrogen-bond acceptors (Lipinski definition) is 3. The Morgan fingerprint density at radius 3 is 2.56 bits per heavy atom. The summed E-state index contributed by atoms with van der Waals surface area (Å²) in [5.41, 5.74) is 9.12. The van der Waals surface area contributed by atoms with Crippen LogP contribution in [0.2, 0.25) is 0 Å². The fourth-order valence-electron chi connectivity index (χ4n) is 1.60. The molecule has 2 aromatic rings. The fraction of sp³-hybridized carbons (Fsp3) is 0.231. The smallest absolute Gasteiger partial charge is 0.230 e. The molecule has 94 valence electrons. The van der Waals surface area contributed by atoms with Gasteiger partial charge in [0.15, 0.2) is 5.82 Å². The van der Waals surface area contributed by atoms with E-state index < -0.39 is 0 Å². The van der Waals surface area contributed by atoms with Crippen molar-refractivity contribution in [2.24, 2.45) is 0 Å². The van der Waals surface area contributed by atoms with Crippen LogP contribution in [0.1, 0.15) is 16.8 Å². The fourth-order valence-corrected chi connectivity index (χ4v) is 1.60. The Morgan fingerprint density at radius 2 is 2.00 bits per heavy atom. The number of rotatable bonds is 3. The van der Waals surface area contributed by atoms with Crippen LogP contribution >= 0.6 is 0 Å². The van der Waals surface area contributed by atoms with E-state index in [2.05, 4.69) is 15.5 Å². The first kappa shape index (κ1) is 12.2. The van der Waals surface area contributed by atoms with Crippen LogP contribution in [0, 0.1) is 13.8 Å². The highest BCUT2D eigenvalue weighted by atomic mass is 16.1. The summed E-state index contributed by atoms with van der Waals surface area (Å²) in [6.07, 6.45) is 0.311. The Labute approximate surface area is 105 Å². The van der Waals surface area contributed by atoms with E-state index >= 15 is 0 Å². The van der Waals surface area contributed by atoms with Crippen molar-refractivity contribution >= 4 is 17.4 Å². The molecule has 2 rings (SSSR count). The van der Waals surface area contributed by atoms with Crippen LogP contribution in [-0.2, 0) is 11.2 Å². The Kier molecular flexibility index (Phi) is 3.32. The molecule has 1 amide bonds. The molecule has 0 saturated heterocycles. The first-order valence-corrected chi connectivity index (χ1v) is 5.72. The van der Waals surface area contributed by atoms with Crippen LogP contribution in [-0.4, -0.2) is 16.1 Å². The van der Waals surface area contributed by atoms with Crippen molar-refractivity contribution < 1.29 is 4.79 Å². The minimum Gasteiger partial charge on any atom is -0.394 e. The molecule has 0 fully saturated rings. The highest BCUT2D eigenvalue weighted by Crippen LogP contribution is 2.18. The molecule has 0 aliphatic heterocycles. The van der Waals surface area contributed by atoms with Crippen LogP contribution < -0.4 is 11.1 Å². The highest BCUT2D eigenvalue weighted by Gasteiger charge is 2.10. The molecule has 0 spiro atoms. The van der Waals surface area contributed by atoms with E-state index in [-0.39, 0.29) is 5.91 Å². The van der Waals surface area contributed by atoms with Crippen molar-refractivity contribution in [2.45, 2.75) is 20.3 Å². The van der Waals surface area contributed by atoms with Gasteiger partial charge in [0, 0.05) is 0 Å². The van der Waals surface area contributed by atoms with E-state index in [1.54, 1.807) is 6.92 Å². The molecule has 1 heterocycles. The predicted molar refractivity (Wildman–Crippen MR) is 71.2 cm³/mol. The molecule has 0 unspecified atom stereocenters. The molecule has 5 nitrogen and oxygen atoms in total. The number of nitrogens with one attached hydrogen (secondary N) is 2. The second kappa shape index (κ2) is 4.91. The number of benzene rings is 1. The summed E-state index contributed by atoms with van der Waals surface area (Å²) in [7, 11) is 0. The number of aromatic nitrogens is 2. The average Bonchev–Trinajstić information content (AvgIpc) is 2.64. The van der Waals surface area contributed by atoms with Gasteiger partial charge < -0.3 is 11.1 Å². The number of carbonyl (C=O) groups excluding carboxylic acids is 1. The minimum absolute atomic E-state index is 0.128. The molecule has 0 bridgehead atoms. The maximum atomic E-state index is 11.8. The van der Waals surface area contributed by atoms with E-state index in [9.17, 15) is 4.79 Å². The molecular formula is C13H16N4O. The lowest BCUT2D eigenvalue weighted by atomic mass is 10.1. The van der Waals surface area contributed by atoms with E-state index in [0.29, 0.717) is 17.9 Å². The van der Waals surface area contributed by atoms with Gasteiger partial charge in [-0.15, -0.1) is 0 Å². The van der Waals surface area contributed by atoms with Crippen molar-refractivity contribution in [1.82, 2.24) is 10.2 Å². The van der Waals surface area contributed by atoms with Gasteiger partial charge in [0.2, 0.25) is 5.91 Å². The van der Waals surface area contributed by atoms with Gasteiger partial charge in [-0.05, 0) is 19.4 Å². The van der Waals surface area contributed by atoms with Gasteiger partial charge in [-0.2, -0.15) is 5.10 Å². The van der Waals surface area contributed by atoms with Crippen molar-refractivity contribution in [3.05, 3.63) is 41.1 Å². The molecular weight excluding hydrogens is 228 g/mol. The molecule has 1 aromatic heterocycles. The quantitative estimate of drug-likeness (QED) is 0.769. The van der Waals surface area contributed by atoms with Gasteiger partial charge in [0.25, 0.3) is 0 Å². The van der Waals surface area contributed by atoms with Crippen LogP contribution in [0.15, 0.2) is 24.3 Å². The van der Waals surface area contributed by atoms with Gasteiger partial charge in [0.1, 0.15) is 0 Å². The summed E-state index contributed by atoms with van der Waals surface area (Å²) < 4.78 is 0. The Balaban J connectivity index is 2.01. The zero-order chi connectivity index (χ0) is 13.1. The lowest BCUT2D eigenvalue weighted by Crippen LogP contribution is -2.15. The third kappa shape index (κ3) is 2.68. The maximum Gasteiger partial charge on any atom is 0.230 e. The second-order valence-electron chi connectivity index (χ2n) is 4.32. The molecule has 5 heteroatoms. The molecule has 0 radical (unpaired) electrons. The zero-order valence-electron chi connectivity index (χ0n) is 10.4. The number of amides is 1. The average molecular weight is 244 g/mol. The van der Waals surface area contributed by atoms with Gasteiger partial charge in [0.05, 0.1) is 17.8 Å². The summed E-state index contributed by atoms with van der Waals surface area (Å²) >= 11 is 0. The Hall–Kier alpha value is -2.30. The SMILES string of the molecule is Cc1ccc(CC(=O)Nc2n[nH]c(C)c2N)cc1. The van der Waals surface area contributed by atoms with E-state index in [1.807, 2.05) is 31.2 Å². The maximum absolute atomic E-state index is 11.8. The van der Waals surface area contributed by atoms with E-state index in [4.69, 9.17) is 5.73 Å². The first-order chi connectivity index (χ1) is 8.56. The number of aromatic amines is 1. The molecule has 0 atom stereocenters. The Bertz CT molecular complexity index is 557. The summed E-state index contributed by atoms with van der Waals surface area (Å²) in [6.45, 7) is 3.81. The number of hydrogen-bond donors (Lipinski definition) is 3. The molecule has 18 heavy (non-hydrogen) atoms. The standard InChI is InChI=1S/C13H16N4O/c1-8-3-5-10(6-4-8)7-11(18)15-13-12(14)9(2)16-17-13/h3-6H,7,14H2,1-2H3,(H2,15,16,17,18). The minimum atomic E-state index is -0.128. The summed E-state index contributed by atoms with van der Waals surface area (Å²) in [5, 5.41) is 9.34. The van der Waals surface area contributed by atoms with Gasteiger partial charge in [-0.1, -0.05) is 29.8 Å². The number of anilines is 2. The van der Waals surface area contributed by atoms with Gasteiger partial charge in [-0.25, -0.2) is 0 Å². The second-order valence-corrected chi connectivity index (χ2v) is 4.32. The van der Waals surface area contributed by atoms with Crippen LogP contribution in [0.4, 0.5) is 11.5 Å². The largest absolute Gasteiger partial charge is 0.394 e. The zero-order valence-corrected chi connectivity index (χ0v) is 10.4. The van der Waals surface area contributed by atoms with Crippen molar-refractivity contribution in [1.29, 1.82) is 0 Å². The van der Waals surface area contributed by atoms with Gasteiger partial charge in [-0.3, -0.25) is 9.89 Å². The summed E-state index contributed by atoms with van der Waals surface area (Å²) in [4.78, 5) is 11.8. The first-order valence-electron chi connectivity index (χ1n) is 5.72. The van der Waals surface area contributed by atoms with E-state index in [1.165, 1.54) is 5.56 Å². The van der Waals surface area contributed by atoms with Crippen molar-refractivity contribution in [2.75, 3.05) is 11.1 Å². The molecule has 4 N–H and O–H groups in total. The topological polar surface area (TPSA) is 83.8 Å². The molecule has 1 aromatic carbocycles. The van der Waals surface area contributed by atoms with Gasteiger partial charge >= 0.3 is 0 Å². The number of aryl methyl sites for hydroxylation is 2. The van der Waals surface area contributed by atoms with Crippen molar-refractivity contribution in [3.8, 4) is 0 Å². The third-order valence-electron chi connectivity index (χ3n) is 2.74. The van der Waals surface area contributed by atoms with Crippen LogP contribution in [0.3, 0.4) is 0 Å². The van der Waals surface area contributed by atoms with E-state index in [0.717, 1.165) is 11.3 Å². The number of carbonyl (C=O) groups is 1. The third-order valence-corrected chi connectivity index (χ3v) is 2.74. The van der Waals surface area contributed by atoms with Crippen LogP contribution in [0.5, 0.6) is 0 Å². The van der Waals surface area contributed by atoms with Crippen molar-refractivity contribution in [3.63, 3.8) is 0 Å². The summed E-state index contributed by atoms with van der Waals surface area (Å²) in [6, 6.07) is 7.84.